The van der Waals surface area contributed by atoms with Gasteiger partial charge in [-0.05, 0) is 31.8 Å². The van der Waals surface area contributed by atoms with Crippen LogP contribution in [0.4, 0.5) is 4.79 Å². The zero-order valence-electron chi connectivity index (χ0n) is 9.78. The van der Waals surface area contributed by atoms with Crippen molar-refractivity contribution in [3.8, 4) is 0 Å². The van der Waals surface area contributed by atoms with Crippen LogP contribution in [0.3, 0.4) is 0 Å². The maximum absolute atomic E-state index is 10.9. The smallest absolute Gasteiger partial charge is 0.427 e. The number of nitrogens with one attached hydrogen (secondary N) is 1. The standard InChI is InChI=1S/C11H18N2O3/c1-3-8-16-10-7-5-4-6-9(10)12-13-11(14)15-2/h7H,3-6,8H2,1-2H3,(H,13,14)/b12-9-. The van der Waals surface area contributed by atoms with Gasteiger partial charge >= 0.3 is 6.09 Å². The Bertz CT molecular complexity index is 298. The molecule has 0 saturated heterocycles. The van der Waals surface area contributed by atoms with E-state index in [0.717, 1.165) is 37.2 Å². The minimum Gasteiger partial charge on any atom is -0.492 e. The Kier molecular flexibility index (Phi) is 5.39. The van der Waals surface area contributed by atoms with Gasteiger partial charge in [0, 0.05) is 0 Å². The first kappa shape index (κ1) is 12.5. The summed E-state index contributed by atoms with van der Waals surface area (Å²) in [5, 5.41) is 3.99. The molecule has 0 bridgehead atoms. The molecule has 0 spiro atoms. The molecule has 0 fully saturated rings. The molecule has 0 aromatic heterocycles. The molecule has 16 heavy (non-hydrogen) atoms. The van der Waals surface area contributed by atoms with E-state index in [4.69, 9.17) is 4.74 Å². The van der Waals surface area contributed by atoms with Crippen LogP contribution in [0.15, 0.2) is 16.9 Å². The molecule has 0 unspecified atom stereocenters. The summed E-state index contributed by atoms with van der Waals surface area (Å²) in [5.74, 6) is 0.782. The SMILES string of the molecule is CCCOC1=CCCC/C1=N/NC(=O)OC. The van der Waals surface area contributed by atoms with Crippen molar-refractivity contribution in [1.82, 2.24) is 5.43 Å². The molecule has 90 valence electrons. The minimum atomic E-state index is -0.562. The van der Waals surface area contributed by atoms with Crippen LogP contribution in [0.2, 0.25) is 0 Å². The highest BCUT2D eigenvalue weighted by atomic mass is 16.5. The van der Waals surface area contributed by atoms with Crippen molar-refractivity contribution in [2.45, 2.75) is 32.6 Å². The summed E-state index contributed by atoms with van der Waals surface area (Å²) in [7, 11) is 1.31. The van der Waals surface area contributed by atoms with Gasteiger partial charge in [0.15, 0.2) is 0 Å². The molecule has 1 aliphatic carbocycles. The molecule has 1 amide bonds. The van der Waals surface area contributed by atoms with Gasteiger partial charge in [0.25, 0.3) is 0 Å². The van der Waals surface area contributed by atoms with E-state index < -0.39 is 6.09 Å². The maximum atomic E-state index is 10.9. The van der Waals surface area contributed by atoms with Crippen molar-refractivity contribution in [2.24, 2.45) is 5.10 Å². The van der Waals surface area contributed by atoms with Crippen molar-refractivity contribution < 1.29 is 14.3 Å². The third kappa shape index (κ3) is 3.92. The fourth-order valence-electron chi connectivity index (χ4n) is 1.37. The van der Waals surface area contributed by atoms with Crippen LogP contribution in [0.5, 0.6) is 0 Å². The topological polar surface area (TPSA) is 59.9 Å². The van der Waals surface area contributed by atoms with Gasteiger partial charge in [0.2, 0.25) is 0 Å². The average molecular weight is 226 g/mol. The lowest BCUT2D eigenvalue weighted by molar-refractivity contribution is 0.171. The molecule has 1 aliphatic rings. The molecule has 1 N–H and O–H groups in total. The Labute approximate surface area is 95.5 Å². The van der Waals surface area contributed by atoms with Crippen LogP contribution in [0.25, 0.3) is 0 Å². The van der Waals surface area contributed by atoms with Crippen LogP contribution in [-0.4, -0.2) is 25.5 Å². The van der Waals surface area contributed by atoms with Gasteiger partial charge in [-0.2, -0.15) is 5.10 Å². The second kappa shape index (κ2) is 6.87. The van der Waals surface area contributed by atoms with Crippen LogP contribution >= 0.6 is 0 Å². The molecule has 5 nitrogen and oxygen atoms in total. The van der Waals surface area contributed by atoms with Gasteiger partial charge < -0.3 is 9.47 Å². The summed E-state index contributed by atoms with van der Waals surface area (Å²) >= 11 is 0. The summed E-state index contributed by atoms with van der Waals surface area (Å²) in [4.78, 5) is 10.9. The average Bonchev–Trinajstić information content (AvgIpc) is 2.34. The summed E-state index contributed by atoms with van der Waals surface area (Å²) in [6, 6.07) is 0. The molecule has 5 heteroatoms. The second-order valence-corrected chi connectivity index (χ2v) is 3.47. The summed E-state index contributed by atoms with van der Waals surface area (Å²) in [6.07, 6.45) is 5.25. The highest BCUT2D eigenvalue weighted by Gasteiger charge is 2.13. The number of hydrogen-bond donors (Lipinski definition) is 1. The monoisotopic (exact) mass is 226 g/mol. The number of carbonyl (C=O) groups excluding carboxylic acids is 1. The maximum Gasteiger partial charge on any atom is 0.427 e. The molecular weight excluding hydrogens is 208 g/mol. The molecule has 0 aromatic rings. The van der Waals surface area contributed by atoms with Crippen LogP contribution in [-0.2, 0) is 9.47 Å². The van der Waals surface area contributed by atoms with E-state index in [2.05, 4.69) is 15.3 Å². The highest BCUT2D eigenvalue weighted by Crippen LogP contribution is 2.16. The number of methoxy groups -OCH3 is 1. The minimum absolute atomic E-state index is 0.562. The highest BCUT2D eigenvalue weighted by molar-refractivity contribution is 5.99. The summed E-state index contributed by atoms with van der Waals surface area (Å²) in [6.45, 7) is 2.72. The first-order valence-corrected chi connectivity index (χ1v) is 5.51. The Balaban J connectivity index is 2.57. The fourth-order valence-corrected chi connectivity index (χ4v) is 1.37. The number of hydrogen-bond acceptors (Lipinski definition) is 4. The van der Waals surface area contributed by atoms with Crippen molar-refractivity contribution in [3.63, 3.8) is 0 Å². The predicted octanol–water partition coefficient (Wildman–Crippen LogP) is 2.19. The third-order valence-electron chi connectivity index (χ3n) is 2.16. The quantitative estimate of drug-likeness (QED) is 0.747. The summed E-state index contributed by atoms with van der Waals surface area (Å²) in [5.41, 5.74) is 3.10. The van der Waals surface area contributed by atoms with E-state index in [1.807, 2.05) is 13.0 Å². The number of rotatable bonds is 4. The molecule has 0 heterocycles. The number of carbonyl (C=O) groups is 1. The first-order chi connectivity index (χ1) is 7.77. The number of amides is 1. The number of nitrogens with zero attached hydrogens (tertiary/aromatic N) is 1. The van der Waals surface area contributed by atoms with Crippen molar-refractivity contribution in [1.29, 1.82) is 0 Å². The van der Waals surface area contributed by atoms with E-state index in [1.165, 1.54) is 7.11 Å². The Morgan fingerprint density at radius 1 is 1.62 bits per heavy atom. The van der Waals surface area contributed by atoms with Gasteiger partial charge in [-0.25, -0.2) is 10.2 Å². The molecule has 0 radical (unpaired) electrons. The van der Waals surface area contributed by atoms with Gasteiger partial charge in [-0.15, -0.1) is 0 Å². The summed E-state index contributed by atoms with van der Waals surface area (Å²) < 4.78 is 9.99. The Morgan fingerprint density at radius 3 is 3.12 bits per heavy atom. The van der Waals surface area contributed by atoms with Gasteiger partial charge in [0.05, 0.1) is 13.7 Å². The molecule has 0 atom stereocenters. The lowest BCUT2D eigenvalue weighted by atomic mass is 10.0. The molecule has 0 saturated carbocycles. The van der Waals surface area contributed by atoms with Gasteiger partial charge in [0.1, 0.15) is 11.5 Å². The predicted molar refractivity (Wildman–Crippen MR) is 61.2 cm³/mol. The third-order valence-corrected chi connectivity index (χ3v) is 2.16. The van der Waals surface area contributed by atoms with E-state index in [0.29, 0.717) is 6.61 Å². The zero-order valence-corrected chi connectivity index (χ0v) is 9.78. The van der Waals surface area contributed by atoms with E-state index in [1.54, 1.807) is 0 Å². The Hall–Kier alpha value is -1.52. The van der Waals surface area contributed by atoms with Crippen molar-refractivity contribution >= 4 is 11.8 Å². The molecule has 0 aliphatic heterocycles. The zero-order chi connectivity index (χ0) is 11.8. The van der Waals surface area contributed by atoms with Gasteiger partial charge in [-0.3, -0.25) is 0 Å². The van der Waals surface area contributed by atoms with E-state index >= 15 is 0 Å². The lowest BCUT2D eigenvalue weighted by Crippen LogP contribution is -2.21. The normalized spacial score (nSPS) is 17.9. The number of hydrazone groups is 1. The van der Waals surface area contributed by atoms with Gasteiger partial charge in [-0.1, -0.05) is 6.92 Å². The van der Waals surface area contributed by atoms with Crippen LogP contribution in [0.1, 0.15) is 32.6 Å². The van der Waals surface area contributed by atoms with Crippen molar-refractivity contribution in [3.05, 3.63) is 11.8 Å². The first-order valence-electron chi connectivity index (χ1n) is 5.51. The number of allylic oxidation sites excluding steroid dienone is 2. The van der Waals surface area contributed by atoms with Crippen LogP contribution < -0.4 is 5.43 Å². The van der Waals surface area contributed by atoms with E-state index in [-0.39, 0.29) is 0 Å². The molecule has 0 aromatic carbocycles. The lowest BCUT2D eigenvalue weighted by Gasteiger charge is -2.16. The molecule has 1 rings (SSSR count). The molecular formula is C11H18N2O3. The second-order valence-electron chi connectivity index (χ2n) is 3.47. The Morgan fingerprint density at radius 2 is 2.44 bits per heavy atom. The largest absolute Gasteiger partial charge is 0.492 e. The fraction of sp³-hybridized carbons (Fsp3) is 0.636. The van der Waals surface area contributed by atoms with E-state index in [9.17, 15) is 4.79 Å². The van der Waals surface area contributed by atoms with Crippen LogP contribution in [0, 0.1) is 0 Å². The van der Waals surface area contributed by atoms with Crippen molar-refractivity contribution in [2.75, 3.05) is 13.7 Å². The number of ether oxygens (including phenoxy) is 2.